The van der Waals surface area contributed by atoms with Gasteiger partial charge in [0.05, 0.1) is 18.5 Å². The zero-order valence-electron chi connectivity index (χ0n) is 15.1. The maximum absolute atomic E-state index is 5.83. The topological polar surface area (TPSA) is 70.1 Å². The molecule has 7 heteroatoms. The largest absolute Gasteiger partial charge is 0.494 e. The van der Waals surface area contributed by atoms with Crippen LogP contribution in [0.4, 0.5) is 0 Å². The van der Waals surface area contributed by atoms with Crippen LogP contribution in [0.15, 0.2) is 73.6 Å². The van der Waals surface area contributed by atoms with Crippen molar-refractivity contribution in [3.8, 4) is 17.1 Å². The fourth-order valence-corrected chi connectivity index (χ4v) is 3.23. The van der Waals surface area contributed by atoms with Crippen LogP contribution in [0.25, 0.3) is 27.9 Å². The highest BCUT2D eigenvalue weighted by molar-refractivity contribution is 5.91. The van der Waals surface area contributed by atoms with Gasteiger partial charge in [-0.25, -0.2) is 9.97 Å². The van der Waals surface area contributed by atoms with E-state index in [2.05, 4.69) is 20.2 Å². The van der Waals surface area contributed by atoms with Crippen LogP contribution in [-0.2, 0) is 6.54 Å². The highest BCUT2D eigenvalue weighted by Crippen LogP contribution is 2.24. The third-order valence-electron chi connectivity index (χ3n) is 4.65. The Morgan fingerprint density at radius 2 is 1.82 bits per heavy atom. The van der Waals surface area contributed by atoms with E-state index in [9.17, 15) is 0 Å². The first kappa shape index (κ1) is 16.4. The first-order valence-electron chi connectivity index (χ1n) is 9.16. The van der Waals surface area contributed by atoms with E-state index < -0.39 is 0 Å². The SMILES string of the molecule is c1ccc2c(c1)ncn1c(-c3ccc(OCCCn4ccnc4)cc3)nnc21. The third kappa shape index (κ3) is 3.07. The van der Waals surface area contributed by atoms with Crippen LogP contribution >= 0.6 is 0 Å². The Balaban J connectivity index is 1.32. The molecule has 7 nitrogen and oxygen atoms in total. The number of aryl methyl sites for hydroxylation is 1. The van der Waals surface area contributed by atoms with Crippen molar-refractivity contribution in [3.63, 3.8) is 0 Å². The molecule has 0 aliphatic carbocycles. The van der Waals surface area contributed by atoms with Crippen molar-refractivity contribution in [1.82, 2.24) is 29.1 Å². The summed E-state index contributed by atoms with van der Waals surface area (Å²) in [6, 6.07) is 15.9. The molecule has 0 saturated heterocycles. The van der Waals surface area contributed by atoms with Crippen LogP contribution in [0.2, 0.25) is 0 Å². The van der Waals surface area contributed by atoms with Gasteiger partial charge in [0.15, 0.2) is 11.5 Å². The van der Waals surface area contributed by atoms with Crippen molar-refractivity contribution in [2.24, 2.45) is 0 Å². The number of imidazole rings is 1. The van der Waals surface area contributed by atoms with E-state index in [4.69, 9.17) is 4.74 Å². The molecule has 3 heterocycles. The Morgan fingerprint density at radius 1 is 0.929 bits per heavy atom. The standard InChI is InChI=1S/C21H18N6O/c1-2-5-19-18(4-1)21-25-24-20(27(21)15-23-19)16-6-8-17(9-7-16)28-13-3-11-26-12-10-22-14-26/h1-2,4-10,12,14-15H,3,11,13H2. The number of aromatic nitrogens is 6. The summed E-state index contributed by atoms with van der Waals surface area (Å²) in [6.07, 6.45) is 8.25. The number of rotatable bonds is 6. The maximum atomic E-state index is 5.83. The molecule has 138 valence electrons. The maximum Gasteiger partial charge on any atom is 0.171 e. The van der Waals surface area contributed by atoms with Crippen molar-refractivity contribution in [3.05, 3.63) is 73.6 Å². The average molecular weight is 370 g/mol. The molecule has 28 heavy (non-hydrogen) atoms. The summed E-state index contributed by atoms with van der Waals surface area (Å²) in [5, 5.41) is 9.73. The average Bonchev–Trinajstić information content (AvgIpc) is 3.42. The smallest absolute Gasteiger partial charge is 0.171 e. The molecule has 0 unspecified atom stereocenters. The molecule has 0 fully saturated rings. The highest BCUT2D eigenvalue weighted by atomic mass is 16.5. The number of para-hydroxylation sites is 1. The van der Waals surface area contributed by atoms with Gasteiger partial charge in [0.25, 0.3) is 0 Å². The van der Waals surface area contributed by atoms with Gasteiger partial charge < -0.3 is 9.30 Å². The number of nitrogens with zero attached hydrogens (tertiary/aromatic N) is 6. The quantitative estimate of drug-likeness (QED) is 0.427. The van der Waals surface area contributed by atoms with E-state index in [0.717, 1.165) is 46.7 Å². The van der Waals surface area contributed by atoms with E-state index in [1.54, 1.807) is 12.5 Å². The second-order valence-corrected chi connectivity index (χ2v) is 6.51. The summed E-state index contributed by atoms with van der Waals surface area (Å²) in [5.74, 6) is 1.60. The predicted octanol–water partition coefficient (Wildman–Crippen LogP) is 3.61. The lowest BCUT2D eigenvalue weighted by molar-refractivity contribution is 0.302. The van der Waals surface area contributed by atoms with Crippen LogP contribution in [0.3, 0.4) is 0 Å². The summed E-state index contributed by atoms with van der Waals surface area (Å²) >= 11 is 0. The van der Waals surface area contributed by atoms with Gasteiger partial charge >= 0.3 is 0 Å². The first-order valence-corrected chi connectivity index (χ1v) is 9.16. The van der Waals surface area contributed by atoms with Crippen LogP contribution < -0.4 is 4.74 Å². The van der Waals surface area contributed by atoms with Gasteiger partial charge in [-0.1, -0.05) is 12.1 Å². The number of hydrogen-bond acceptors (Lipinski definition) is 5. The molecule has 0 radical (unpaired) electrons. The number of ether oxygens (including phenoxy) is 1. The van der Waals surface area contributed by atoms with E-state index >= 15 is 0 Å². The molecule has 0 aliphatic heterocycles. The Labute approximate surface area is 161 Å². The molecule has 3 aromatic heterocycles. The molecule has 0 bridgehead atoms. The molecule has 0 saturated carbocycles. The van der Waals surface area contributed by atoms with Gasteiger partial charge in [-0.2, -0.15) is 0 Å². The van der Waals surface area contributed by atoms with Gasteiger partial charge in [0.2, 0.25) is 0 Å². The lowest BCUT2D eigenvalue weighted by Gasteiger charge is -2.07. The van der Waals surface area contributed by atoms with Crippen molar-refractivity contribution in [2.45, 2.75) is 13.0 Å². The van der Waals surface area contributed by atoms with E-state index in [0.29, 0.717) is 6.61 Å². The van der Waals surface area contributed by atoms with Gasteiger partial charge in [0, 0.05) is 29.9 Å². The molecule has 5 rings (SSSR count). The van der Waals surface area contributed by atoms with Gasteiger partial charge in [-0.3, -0.25) is 4.40 Å². The Bertz CT molecular complexity index is 1210. The second kappa shape index (κ2) is 7.11. The summed E-state index contributed by atoms with van der Waals surface area (Å²) < 4.78 is 9.80. The fraction of sp³-hybridized carbons (Fsp3) is 0.143. The van der Waals surface area contributed by atoms with Crippen molar-refractivity contribution in [1.29, 1.82) is 0 Å². The highest BCUT2D eigenvalue weighted by Gasteiger charge is 2.11. The zero-order valence-corrected chi connectivity index (χ0v) is 15.1. The minimum Gasteiger partial charge on any atom is -0.494 e. The molecule has 0 aliphatic rings. The molecule has 5 aromatic rings. The van der Waals surface area contributed by atoms with E-state index in [1.807, 2.05) is 70.0 Å². The number of fused-ring (bicyclic) bond motifs is 3. The van der Waals surface area contributed by atoms with Crippen LogP contribution in [-0.4, -0.2) is 35.7 Å². The minimum absolute atomic E-state index is 0.654. The fourth-order valence-electron chi connectivity index (χ4n) is 3.23. The summed E-state index contributed by atoms with van der Waals surface area (Å²) in [6.45, 7) is 1.55. The Hall–Kier alpha value is -3.74. The monoisotopic (exact) mass is 370 g/mol. The molecule has 0 spiro atoms. The normalized spacial score (nSPS) is 11.3. The van der Waals surface area contributed by atoms with Crippen molar-refractivity contribution >= 4 is 16.6 Å². The van der Waals surface area contributed by atoms with Gasteiger partial charge in [-0.05, 0) is 42.8 Å². The second-order valence-electron chi connectivity index (χ2n) is 6.51. The predicted molar refractivity (Wildman–Crippen MR) is 106 cm³/mol. The molecule has 0 N–H and O–H groups in total. The Morgan fingerprint density at radius 3 is 2.68 bits per heavy atom. The lowest BCUT2D eigenvalue weighted by atomic mass is 10.2. The molecular weight excluding hydrogens is 352 g/mol. The van der Waals surface area contributed by atoms with Crippen LogP contribution in [0, 0.1) is 0 Å². The summed E-state index contributed by atoms with van der Waals surface area (Å²) in [7, 11) is 0. The molecule has 2 aromatic carbocycles. The Kier molecular flexibility index (Phi) is 4.17. The summed E-state index contributed by atoms with van der Waals surface area (Å²) in [4.78, 5) is 8.54. The van der Waals surface area contributed by atoms with E-state index in [1.165, 1.54) is 0 Å². The number of benzene rings is 2. The van der Waals surface area contributed by atoms with Crippen molar-refractivity contribution in [2.75, 3.05) is 6.61 Å². The third-order valence-corrected chi connectivity index (χ3v) is 4.65. The molecular formula is C21H18N6O. The van der Waals surface area contributed by atoms with Gasteiger partial charge in [-0.15, -0.1) is 10.2 Å². The van der Waals surface area contributed by atoms with Gasteiger partial charge in [0.1, 0.15) is 12.1 Å². The summed E-state index contributed by atoms with van der Waals surface area (Å²) in [5.41, 5.74) is 2.68. The zero-order chi connectivity index (χ0) is 18.8. The van der Waals surface area contributed by atoms with Crippen molar-refractivity contribution < 1.29 is 4.74 Å². The number of hydrogen-bond donors (Lipinski definition) is 0. The molecule has 0 atom stereocenters. The minimum atomic E-state index is 0.654. The van der Waals surface area contributed by atoms with E-state index in [-0.39, 0.29) is 0 Å². The van der Waals surface area contributed by atoms with Crippen LogP contribution in [0.5, 0.6) is 5.75 Å². The first-order chi connectivity index (χ1) is 13.9. The lowest BCUT2D eigenvalue weighted by Crippen LogP contribution is -2.03. The van der Waals surface area contributed by atoms with Crippen LogP contribution in [0.1, 0.15) is 6.42 Å². The molecule has 0 amide bonds.